The van der Waals surface area contributed by atoms with Gasteiger partial charge in [-0.15, -0.1) is 0 Å². The number of ketones is 2. The number of hydrogen-bond acceptors (Lipinski definition) is 5. The van der Waals surface area contributed by atoms with Crippen molar-refractivity contribution in [2.45, 2.75) is 13.8 Å². The molecule has 0 heterocycles. The van der Waals surface area contributed by atoms with Crippen molar-refractivity contribution >= 4 is 28.5 Å². The van der Waals surface area contributed by atoms with Crippen LogP contribution in [0.5, 0.6) is 0 Å². The third-order valence-corrected chi connectivity index (χ3v) is 3.87. The summed E-state index contributed by atoms with van der Waals surface area (Å²) < 4.78 is 0. The summed E-state index contributed by atoms with van der Waals surface area (Å²) in [6, 6.07) is 19.5. The molecular formula is C21H16Na2O5. The van der Waals surface area contributed by atoms with Crippen LogP contribution < -0.4 is 69.3 Å². The fraction of sp³-hybridized carbons (Fsp3) is 0.0952. The van der Waals surface area contributed by atoms with Gasteiger partial charge < -0.3 is 15.0 Å². The van der Waals surface area contributed by atoms with Crippen LogP contribution in [-0.2, 0) is 0 Å². The molecular weight excluding hydrogens is 378 g/mol. The van der Waals surface area contributed by atoms with E-state index in [0.717, 1.165) is 33.0 Å². The standard InChI is InChI=1S/C20H16O2.CH2O3.2Na/c1-13(21)15-3-5-16(6-4-15)18-9-10-19-11-17(14(2)22)7-8-20(19)12-18;2-1(3)4;;/h3-12H,1-2H3;(H2,2,3,4);;/q;;2*+1/p-2. The number of rotatable bonds is 3. The summed E-state index contributed by atoms with van der Waals surface area (Å²) in [5.74, 6) is 0.146. The zero-order chi connectivity index (χ0) is 19.3. The van der Waals surface area contributed by atoms with Crippen LogP contribution in [0.25, 0.3) is 21.9 Å². The summed E-state index contributed by atoms with van der Waals surface area (Å²) in [6.07, 6.45) is -2.33. The van der Waals surface area contributed by atoms with E-state index in [2.05, 4.69) is 6.07 Å². The topological polar surface area (TPSA) is 97.3 Å². The van der Waals surface area contributed by atoms with Crippen molar-refractivity contribution in [3.63, 3.8) is 0 Å². The molecule has 0 aliphatic carbocycles. The maximum absolute atomic E-state index is 11.4. The largest absolute Gasteiger partial charge is 1.00 e. The molecule has 5 nitrogen and oxygen atoms in total. The minimum absolute atomic E-state index is 0. The molecule has 0 unspecified atom stereocenters. The molecule has 3 aromatic carbocycles. The Labute approximate surface area is 207 Å². The first-order chi connectivity index (χ1) is 12.3. The number of carbonyl (C=O) groups excluding carboxylic acids is 3. The molecule has 3 aromatic rings. The van der Waals surface area contributed by atoms with Gasteiger partial charge in [0.2, 0.25) is 0 Å². The fourth-order valence-corrected chi connectivity index (χ4v) is 2.54. The van der Waals surface area contributed by atoms with Crippen molar-refractivity contribution in [2.24, 2.45) is 0 Å². The van der Waals surface area contributed by atoms with Gasteiger partial charge in [-0.1, -0.05) is 48.5 Å². The summed E-state index contributed by atoms with van der Waals surface area (Å²) in [5.41, 5.74) is 3.61. The second-order valence-corrected chi connectivity index (χ2v) is 5.72. The smallest absolute Gasteiger partial charge is 0.652 e. The monoisotopic (exact) mass is 394 g/mol. The van der Waals surface area contributed by atoms with E-state index in [9.17, 15) is 9.59 Å². The average molecular weight is 394 g/mol. The molecule has 132 valence electrons. The Balaban J connectivity index is 0.00000111. The predicted octanol–water partition coefficient (Wildman–Crippen LogP) is -3.53. The van der Waals surface area contributed by atoms with E-state index in [0.29, 0.717) is 0 Å². The molecule has 0 atom stereocenters. The van der Waals surface area contributed by atoms with Crippen LogP contribution in [0.15, 0.2) is 60.7 Å². The average Bonchev–Trinajstić information content (AvgIpc) is 2.60. The van der Waals surface area contributed by atoms with Gasteiger partial charge in [-0.25, -0.2) is 0 Å². The van der Waals surface area contributed by atoms with E-state index in [1.807, 2.05) is 54.6 Å². The first-order valence-electron chi connectivity index (χ1n) is 7.82. The van der Waals surface area contributed by atoms with Crippen LogP contribution in [0.3, 0.4) is 0 Å². The fourth-order valence-electron chi connectivity index (χ4n) is 2.54. The van der Waals surface area contributed by atoms with Gasteiger partial charge in [0.15, 0.2) is 11.6 Å². The Bertz CT molecular complexity index is 978. The minimum Gasteiger partial charge on any atom is -0.652 e. The molecule has 0 amide bonds. The number of Topliss-reactive ketones (excluding diaryl/α,β-unsaturated/α-hetero) is 2. The summed E-state index contributed by atoms with van der Waals surface area (Å²) in [7, 11) is 0. The molecule has 7 heteroatoms. The Morgan fingerprint density at radius 2 is 1.00 bits per heavy atom. The normalized spacial score (nSPS) is 9.21. The quantitative estimate of drug-likeness (QED) is 0.339. The van der Waals surface area contributed by atoms with Gasteiger partial charge in [-0.2, -0.15) is 0 Å². The van der Waals surface area contributed by atoms with Crippen molar-refractivity contribution in [3.05, 3.63) is 71.8 Å². The molecule has 0 fully saturated rings. The zero-order valence-corrected chi connectivity index (χ0v) is 20.3. The molecule has 0 spiro atoms. The van der Waals surface area contributed by atoms with Gasteiger partial charge in [0.05, 0.1) is 0 Å². The molecule has 0 saturated carbocycles. The first kappa shape index (κ1) is 26.5. The first-order valence-corrected chi connectivity index (χ1v) is 7.82. The van der Waals surface area contributed by atoms with E-state index in [1.165, 1.54) is 0 Å². The van der Waals surface area contributed by atoms with Crippen molar-refractivity contribution in [2.75, 3.05) is 0 Å². The molecule has 0 N–H and O–H groups in total. The van der Waals surface area contributed by atoms with Gasteiger partial charge in [0.25, 0.3) is 0 Å². The predicted molar refractivity (Wildman–Crippen MR) is 94.8 cm³/mol. The number of fused-ring (bicyclic) bond motifs is 1. The Morgan fingerprint density at radius 1 is 0.607 bits per heavy atom. The molecule has 0 aliphatic heterocycles. The third kappa shape index (κ3) is 7.51. The SMILES string of the molecule is CC(=O)c1ccc(-c2ccc3cc(C(C)=O)ccc3c2)cc1.O=C([O-])[O-].[Na+].[Na+]. The van der Waals surface area contributed by atoms with Gasteiger partial charge in [-0.3, -0.25) is 9.59 Å². The van der Waals surface area contributed by atoms with Crippen molar-refractivity contribution in [1.29, 1.82) is 0 Å². The minimum atomic E-state index is -2.33. The van der Waals surface area contributed by atoms with Crippen LogP contribution in [0.4, 0.5) is 4.79 Å². The molecule has 0 aromatic heterocycles. The van der Waals surface area contributed by atoms with E-state index in [1.54, 1.807) is 13.8 Å². The van der Waals surface area contributed by atoms with Crippen LogP contribution >= 0.6 is 0 Å². The molecule has 0 radical (unpaired) electrons. The van der Waals surface area contributed by atoms with Gasteiger partial charge in [-0.05, 0) is 54.0 Å². The van der Waals surface area contributed by atoms with E-state index in [-0.39, 0.29) is 70.7 Å². The third-order valence-electron chi connectivity index (χ3n) is 3.87. The van der Waals surface area contributed by atoms with Crippen LogP contribution in [0.2, 0.25) is 0 Å². The second kappa shape index (κ2) is 12.2. The van der Waals surface area contributed by atoms with Crippen LogP contribution in [-0.4, -0.2) is 17.7 Å². The van der Waals surface area contributed by atoms with Crippen molar-refractivity contribution in [3.8, 4) is 11.1 Å². The van der Waals surface area contributed by atoms with Crippen molar-refractivity contribution in [1.82, 2.24) is 0 Å². The molecule has 0 saturated heterocycles. The molecule has 3 rings (SSSR count). The number of hydrogen-bond donors (Lipinski definition) is 0. The van der Waals surface area contributed by atoms with Crippen LogP contribution in [0, 0.1) is 0 Å². The second-order valence-electron chi connectivity index (χ2n) is 5.72. The Kier molecular flexibility index (Phi) is 11.5. The van der Waals surface area contributed by atoms with Gasteiger partial charge in [0.1, 0.15) is 0 Å². The van der Waals surface area contributed by atoms with Gasteiger partial charge >= 0.3 is 59.1 Å². The summed E-state index contributed by atoms with van der Waals surface area (Å²) in [4.78, 5) is 31.1. The molecule has 28 heavy (non-hydrogen) atoms. The Hall–Kier alpha value is -1.47. The summed E-state index contributed by atoms with van der Waals surface area (Å²) in [6.45, 7) is 3.14. The number of benzene rings is 3. The molecule has 0 bridgehead atoms. The maximum atomic E-state index is 11.4. The van der Waals surface area contributed by atoms with Crippen LogP contribution in [0.1, 0.15) is 34.6 Å². The number of carboxylic acid groups (broad SMARTS) is 2. The van der Waals surface area contributed by atoms with Gasteiger partial charge in [0, 0.05) is 11.1 Å². The Morgan fingerprint density at radius 3 is 1.50 bits per heavy atom. The van der Waals surface area contributed by atoms with Crippen molar-refractivity contribution < 1.29 is 83.7 Å². The maximum Gasteiger partial charge on any atom is 1.00 e. The van der Waals surface area contributed by atoms with E-state index >= 15 is 0 Å². The molecule has 0 aliphatic rings. The number of carbonyl (C=O) groups is 3. The summed E-state index contributed by atoms with van der Waals surface area (Å²) in [5, 5.41) is 18.8. The zero-order valence-electron chi connectivity index (χ0n) is 16.3. The summed E-state index contributed by atoms with van der Waals surface area (Å²) >= 11 is 0. The van der Waals surface area contributed by atoms with E-state index < -0.39 is 6.16 Å². The van der Waals surface area contributed by atoms with E-state index in [4.69, 9.17) is 15.0 Å².